The van der Waals surface area contributed by atoms with Crippen LogP contribution in [0.3, 0.4) is 0 Å². The van der Waals surface area contributed by atoms with Crippen molar-refractivity contribution >= 4 is 14.4 Å². The first-order valence-electron chi connectivity index (χ1n) is 9.41. The third kappa shape index (κ3) is 6.44. The molecule has 0 bridgehead atoms. The van der Waals surface area contributed by atoms with Gasteiger partial charge in [-0.3, -0.25) is 0 Å². The van der Waals surface area contributed by atoms with E-state index in [1.165, 1.54) is 0 Å². The average Bonchev–Trinajstić information content (AvgIpc) is 2.79. The van der Waals surface area contributed by atoms with Crippen molar-refractivity contribution < 1.29 is 14.0 Å². The topological polar surface area (TPSA) is 38.8 Å². The second-order valence-corrected chi connectivity index (χ2v) is 14.8. The molecule has 25 heavy (non-hydrogen) atoms. The maximum absolute atomic E-state index is 12.4. The molecule has 0 unspecified atom stereocenters. The molecule has 1 aliphatic heterocycles. The summed E-state index contributed by atoms with van der Waals surface area (Å²) in [6.07, 6.45) is 0.745. The monoisotopic (exact) mass is 369 g/mol. The van der Waals surface area contributed by atoms with Crippen molar-refractivity contribution in [2.45, 2.75) is 78.6 Å². The van der Waals surface area contributed by atoms with Crippen molar-refractivity contribution in [1.29, 1.82) is 0 Å². The van der Waals surface area contributed by atoms with E-state index >= 15 is 0 Å². The van der Waals surface area contributed by atoms with Crippen LogP contribution in [-0.4, -0.2) is 44.6 Å². The zero-order chi connectivity index (χ0) is 19.6. The Labute approximate surface area is 156 Å². The van der Waals surface area contributed by atoms with E-state index < -0.39 is 13.9 Å². The molecule has 0 N–H and O–H groups in total. The van der Waals surface area contributed by atoms with Crippen LogP contribution in [0.1, 0.15) is 54.9 Å². The van der Waals surface area contributed by atoms with Crippen LogP contribution in [0.2, 0.25) is 18.1 Å². The molecule has 1 saturated heterocycles. The third-order valence-electron chi connectivity index (χ3n) is 5.48. The molecule has 0 aliphatic carbocycles. The van der Waals surface area contributed by atoms with E-state index in [-0.39, 0.29) is 11.1 Å². The summed E-state index contributed by atoms with van der Waals surface area (Å²) >= 11 is 0. The van der Waals surface area contributed by atoms with E-state index in [0.29, 0.717) is 18.4 Å². The van der Waals surface area contributed by atoms with Crippen molar-refractivity contribution in [2.24, 2.45) is 11.8 Å². The average molecular weight is 370 g/mol. The predicted octanol–water partition coefficient (Wildman–Crippen LogP) is 5.46. The Hall–Kier alpha value is -0.813. The molecule has 1 aliphatic rings. The zero-order valence-corrected chi connectivity index (χ0v) is 18.9. The normalized spacial score (nSPS) is 22.2. The number of hydrogen-bond donors (Lipinski definition) is 0. The number of ether oxygens (including phenoxy) is 1. The highest BCUT2D eigenvalue weighted by Gasteiger charge is 2.39. The summed E-state index contributed by atoms with van der Waals surface area (Å²) < 4.78 is 11.9. The molecule has 0 spiro atoms. The van der Waals surface area contributed by atoms with Gasteiger partial charge in [0.05, 0.1) is 0 Å². The molecule has 5 heteroatoms. The first-order valence-corrected chi connectivity index (χ1v) is 12.3. The fourth-order valence-electron chi connectivity index (χ4n) is 2.88. The lowest BCUT2D eigenvalue weighted by atomic mass is 9.88. The Morgan fingerprint density at radius 2 is 1.72 bits per heavy atom. The highest BCUT2D eigenvalue weighted by Crippen LogP contribution is 2.37. The fourth-order valence-corrected chi connectivity index (χ4v) is 3.94. The molecule has 1 rings (SSSR count). The van der Waals surface area contributed by atoms with Gasteiger partial charge < -0.3 is 14.1 Å². The zero-order valence-electron chi connectivity index (χ0n) is 17.9. The lowest BCUT2D eigenvalue weighted by Crippen LogP contribution is -2.41. The minimum absolute atomic E-state index is 0.216. The van der Waals surface area contributed by atoms with E-state index in [4.69, 9.17) is 9.16 Å². The fraction of sp³-hybridized carbons (Fsp3) is 0.850. The molecule has 1 fully saturated rings. The van der Waals surface area contributed by atoms with Gasteiger partial charge >= 0.3 is 6.09 Å². The standard InChI is InChI=1S/C20H39NO3Si/c1-15(2)17-14-21(18(22)24-19(3,4)5)13-16(17)11-12-23-25(9,10)20(6,7)8/h16-17H,1,11-14H2,2-10H3/t16-,17-/m1/s1. The van der Waals surface area contributed by atoms with Crippen molar-refractivity contribution in [3.05, 3.63) is 12.2 Å². The van der Waals surface area contributed by atoms with Crippen LogP contribution >= 0.6 is 0 Å². The number of carbonyl (C=O) groups is 1. The largest absolute Gasteiger partial charge is 0.444 e. The predicted molar refractivity (Wildman–Crippen MR) is 107 cm³/mol. The van der Waals surface area contributed by atoms with Gasteiger partial charge in [-0.1, -0.05) is 32.9 Å². The summed E-state index contributed by atoms with van der Waals surface area (Å²) in [7, 11) is -1.72. The van der Waals surface area contributed by atoms with Gasteiger partial charge in [-0.05, 0) is 58.2 Å². The molecular formula is C20H39NO3Si. The van der Waals surface area contributed by atoms with Crippen LogP contribution < -0.4 is 0 Å². The molecule has 0 aromatic heterocycles. The Morgan fingerprint density at radius 1 is 1.16 bits per heavy atom. The van der Waals surface area contributed by atoms with Gasteiger partial charge in [0.25, 0.3) is 0 Å². The summed E-state index contributed by atoms with van der Waals surface area (Å²) in [4.78, 5) is 14.2. The van der Waals surface area contributed by atoms with Gasteiger partial charge in [0.2, 0.25) is 0 Å². The van der Waals surface area contributed by atoms with Gasteiger partial charge in [0.15, 0.2) is 8.32 Å². The molecular weight excluding hydrogens is 330 g/mol. The molecule has 146 valence electrons. The maximum Gasteiger partial charge on any atom is 0.410 e. The van der Waals surface area contributed by atoms with E-state index in [1.807, 2.05) is 25.7 Å². The quantitative estimate of drug-likeness (QED) is 0.477. The number of amides is 1. The van der Waals surface area contributed by atoms with E-state index in [0.717, 1.165) is 25.1 Å². The highest BCUT2D eigenvalue weighted by atomic mass is 28.4. The molecule has 1 heterocycles. The van der Waals surface area contributed by atoms with Crippen LogP contribution in [0.4, 0.5) is 4.79 Å². The Bertz CT molecular complexity index is 488. The molecule has 0 aromatic rings. The van der Waals surface area contributed by atoms with Crippen LogP contribution in [0.5, 0.6) is 0 Å². The Kier molecular flexibility index (Phi) is 6.96. The van der Waals surface area contributed by atoms with Crippen molar-refractivity contribution in [3.63, 3.8) is 0 Å². The Balaban J connectivity index is 2.66. The lowest BCUT2D eigenvalue weighted by Gasteiger charge is -2.36. The minimum Gasteiger partial charge on any atom is -0.444 e. The molecule has 0 aromatic carbocycles. The SMILES string of the molecule is C=C(C)[C@H]1CN(C(=O)OC(C)(C)C)C[C@H]1CCO[Si](C)(C)C(C)(C)C. The number of rotatable bonds is 5. The van der Waals surface area contributed by atoms with E-state index in [1.54, 1.807) is 0 Å². The van der Waals surface area contributed by atoms with Crippen LogP contribution in [-0.2, 0) is 9.16 Å². The number of carbonyl (C=O) groups excluding carboxylic acids is 1. The first kappa shape index (κ1) is 22.2. The highest BCUT2D eigenvalue weighted by molar-refractivity contribution is 6.74. The number of likely N-dealkylation sites (tertiary alicyclic amines) is 1. The molecule has 2 atom stereocenters. The summed E-state index contributed by atoms with van der Waals surface area (Å²) in [5, 5.41) is 0.221. The lowest BCUT2D eigenvalue weighted by molar-refractivity contribution is 0.0284. The Morgan fingerprint density at radius 3 is 2.16 bits per heavy atom. The second kappa shape index (κ2) is 7.83. The molecule has 0 radical (unpaired) electrons. The van der Waals surface area contributed by atoms with Gasteiger partial charge in [-0.25, -0.2) is 4.79 Å². The van der Waals surface area contributed by atoms with Crippen molar-refractivity contribution in [2.75, 3.05) is 19.7 Å². The summed E-state index contributed by atoms with van der Waals surface area (Å²) in [5.74, 6) is 0.727. The van der Waals surface area contributed by atoms with Crippen molar-refractivity contribution in [3.8, 4) is 0 Å². The first-order chi connectivity index (χ1) is 11.1. The summed E-state index contributed by atoms with van der Waals surface area (Å²) in [5.41, 5.74) is 0.683. The molecule has 4 nitrogen and oxygen atoms in total. The second-order valence-electron chi connectivity index (χ2n) is 10.00. The van der Waals surface area contributed by atoms with Gasteiger partial charge in [-0.15, -0.1) is 0 Å². The van der Waals surface area contributed by atoms with Gasteiger partial charge in [0.1, 0.15) is 5.60 Å². The van der Waals surface area contributed by atoms with Gasteiger partial charge in [-0.2, -0.15) is 0 Å². The van der Waals surface area contributed by atoms with E-state index in [2.05, 4.69) is 47.4 Å². The van der Waals surface area contributed by atoms with Crippen LogP contribution in [0, 0.1) is 11.8 Å². The van der Waals surface area contributed by atoms with Crippen molar-refractivity contribution in [1.82, 2.24) is 4.90 Å². The smallest absolute Gasteiger partial charge is 0.410 e. The molecule has 0 saturated carbocycles. The van der Waals surface area contributed by atoms with Crippen LogP contribution in [0.25, 0.3) is 0 Å². The maximum atomic E-state index is 12.4. The third-order valence-corrected chi connectivity index (χ3v) is 10.0. The number of hydrogen-bond acceptors (Lipinski definition) is 3. The number of nitrogens with zero attached hydrogens (tertiary/aromatic N) is 1. The molecule has 1 amide bonds. The summed E-state index contributed by atoms with van der Waals surface area (Å²) in [6.45, 7) is 25.4. The van der Waals surface area contributed by atoms with E-state index in [9.17, 15) is 4.79 Å². The van der Waals surface area contributed by atoms with Crippen LogP contribution in [0.15, 0.2) is 12.2 Å². The summed E-state index contributed by atoms with van der Waals surface area (Å²) in [6, 6.07) is 0. The minimum atomic E-state index is -1.72. The van der Waals surface area contributed by atoms with Gasteiger partial charge in [0, 0.05) is 25.6 Å².